The summed E-state index contributed by atoms with van der Waals surface area (Å²) in [6.07, 6.45) is 2.05. The molecular formula is C17H18O2S. The Morgan fingerprint density at radius 1 is 1.05 bits per heavy atom. The maximum absolute atomic E-state index is 10.8. The van der Waals surface area contributed by atoms with E-state index >= 15 is 0 Å². The van der Waals surface area contributed by atoms with Crippen molar-refractivity contribution in [3.63, 3.8) is 0 Å². The smallest absolute Gasteiger partial charge is 0.335 e. The van der Waals surface area contributed by atoms with Gasteiger partial charge in [-0.3, -0.25) is 0 Å². The molecule has 0 aliphatic rings. The first kappa shape index (κ1) is 14.7. The summed E-state index contributed by atoms with van der Waals surface area (Å²) in [5.74, 6) is -0.886. The molecule has 20 heavy (non-hydrogen) atoms. The van der Waals surface area contributed by atoms with E-state index in [1.54, 1.807) is 23.9 Å². The molecule has 2 aromatic carbocycles. The van der Waals surface area contributed by atoms with Crippen LogP contribution < -0.4 is 0 Å². The number of aryl methyl sites for hydroxylation is 2. The Labute approximate surface area is 123 Å². The highest BCUT2D eigenvalue weighted by Crippen LogP contribution is 2.31. The van der Waals surface area contributed by atoms with Gasteiger partial charge in [0.25, 0.3) is 0 Å². The number of hydrogen-bond acceptors (Lipinski definition) is 2. The first-order valence-electron chi connectivity index (χ1n) is 6.77. The fourth-order valence-corrected chi connectivity index (χ4v) is 3.02. The number of rotatable bonds is 5. The van der Waals surface area contributed by atoms with Crippen LogP contribution in [-0.2, 0) is 12.8 Å². The quantitative estimate of drug-likeness (QED) is 0.868. The SMILES string of the molecule is CCc1ccc(Sc2ccc(C(=O)O)cc2)c(CC)c1. The molecule has 0 aliphatic carbocycles. The van der Waals surface area contributed by atoms with Gasteiger partial charge in [-0.25, -0.2) is 4.79 Å². The summed E-state index contributed by atoms with van der Waals surface area (Å²) in [5, 5.41) is 8.90. The van der Waals surface area contributed by atoms with Gasteiger partial charge in [0.1, 0.15) is 0 Å². The third-order valence-corrected chi connectivity index (χ3v) is 4.37. The number of carboxylic acid groups (broad SMARTS) is 1. The van der Waals surface area contributed by atoms with Gasteiger partial charge in [-0.2, -0.15) is 0 Å². The van der Waals surface area contributed by atoms with Gasteiger partial charge in [-0.15, -0.1) is 0 Å². The molecule has 0 unspecified atom stereocenters. The highest BCUT2D eigenvalue weighted by Gasteiger charge is 2.06. The van der Waals surface area contributed by atoms with Crippen molar-refractivity contribution in [3.05, 3.63) is 59.2 Å². The second-order valence-electron chi connectivity index (χ2n) is 4.58. The Balaban J connectivity index is 2.23. The van der Waals surface area contributed by atoms with E-state index in [4.69, 9.17) is 5.11 Å². The van der Waals surface area contributed by atoms with Crippen molar-refractivity contribution in [2.45, 2.75) is 36.5 Å². The first-order chi connectivity index (χ1) is 9.63. The van der Waals surface area contributed by atoms with E-state index in [0.29, 0.717) is 5.56 Å². The van der Waals surface area contributed by atoms with Crippen molar-refractivity contribution in [3.8, 4) is 0 Å². The predicted molar refractivity (Wildman–Crippen MR) is 82.7 cm³/mol. The minimum Gasteiger partial charge on any atom is -0.478 e. The standard InChI is InChI=1S/C17H18O2S/c1-3-12-5-10-16(13(4-2)11-12)20-15-8-6-14(7-9-15)17(18)19/h5-11H,3-4H2,1-2H3,(H,18,19). The molecule has 2 rings (SSSR count). The van der Waals surface area contributed by atoms with Crippen LogP contribution in [0, 0.1) is 0 Å². The predicted octanol–water partition coefficient (Wildman–Crippen LogP) is 4.66. The van der Waals surface area contributed by atoms with Crippen LogP contribution in [0.5, 0.6) is 0 Å². The zero-order chi connectivity index (χ0) is 14.5. The molecule has 0 aromatic heterocycles. The zero-order valence-corrected chi connectivity index (χ0v) is 12.5. The van der Waals surface area contributed by atoms with E-state index in [2.05, 4.69) is 32.0 Å². The Morgan fingerprint density at radius 2 is 1.75 bits per heavy atom. The Morgan fingerprint density at radius 3 is 2.30 bits per heavy atom. The summed E-state index contributed by atoms with van der Waals surface area (Å²) in [4.78, 5) is 13.1. The van der Waals surface area contributed by atoms with Crippen LogP contribution >= 0.6 is 11.8 Å². The number of benzene rings is 2. The van der Waals surface area contributed by atoms with E-state index in [-0.39, 0.29) is 0 Å². The van der Waals surface area contributed by atoms with Crippen molar-refractivity contribution in [2.24, 2.45) is 0 Å². The fraction of sp³-hybridized carbons (Fsp3) is 0.235. The minimum absolute atomic E-state index is 0.325. The Hall–Kier alpha value is -1.74. The molecule has 0 saturated carbocycles. The molecular weight excluding hydrogens is 268 g/mol. The zero-order valence-electron chi connectivity index (χ0n) is 11.7. The summed E-state index contributed by atoms with van der Waals surface area (Å²) < 4.78 is 0. The summed E-state index contributed by atoms with van der Waals surface area (Å²) in [5.41, 5.74) is 3.02. The lowest BCUT2D eigenvalue weighted by Gasteiger charge is -2.09. The van der Waals surface area contributed by atoms with Crippen LogP contribution in [0.3, 0.4) is 0 Å². The molecule has 0 heterocycles. The van der Waals surface area contributed by atoms with E-state index in [9.17, 15) is 4.79 Å². The van der Waals surface area contributed by atoms with Gasteiger partial charge in [-0.05, 0) is 54.3 Å². The molecule has 0 atom stereocenters. The normalized spacial score (nSPS) is 10.5. The molecule has 3 heteroatoms. The van der Waals surface area contributed by atoms with E-state index in [0.717, 1.165) is 17.7 Å². The molecule has 0 fully saturated rings. The second-order valence-corrected chi connectivity index (χ2v) is 5.70. The van der Waals surface area contributed by atoms with Gasteiger partial charge in [0.2, 0.25) is 0 Å². The summed E-state index contributed by atoms with van der Waals surface area (Å²) in [7, 11) is 0. The Bertz CT molecular complexity index is 603. The molecule has 0 saturated heterocycles. The van der Waals surface area contributed by atoms with Crippen LogP contribution in [0.4, 0.5) is 0 Å². The van der Waals surface area contributed by atoms with E-state index in [1.165, 1.54) is 16.0 Å². The van der Waals surface area contributed by atoms with Crippen LogP contribution in [0.15, 0.2) is 52.3 Å². The maximum Gasteiger partial charge on any atom is 0.335 e. The first-order valence-corrected chi connectivity index (χ1v) is 7.58. The van der Waals surface area contributed by atoms with Gasteiger partial charge < -0.3 is 5.11 Å². The lowest BCUT2D eigenvalue weighted by Crippen LogP contribution is -1.95. The lowest BCUT2D eigenvalue weighted by atomic mass is 10.1. The lowest BCUT2D eigenvalue weighted by molar-refractivity contribution is 0.0697. The summed E-state index contributed by atoms with van der Waals surface area (Å²) >= 11 is 1.69. The van der Waals surface area contributed by atoms with Crippen molar-refractivity contribution >= 4 is 17.7 Å². The molecule has 0 spiro atoms. The third kappa shape index (κ3) is 3.42. The van der Waals surface area contributed by atoms with Crippen LogP contribution in [0.1, 0.15) is 35.3 Å². The molecule has 104 valence electrons. The monoisotopic (exact) mass is 286 g/mol. The summed E-state index contributed by atoms with van der Waals surface area (Å²) in [6.45, 7) is 4.32. The molecule has 2 nitrogen and oxygen atoms in total. The van der Waals surface area contributed by atoms with Gasteiger partial charge in [0.15, 0.2) is 0 Å². The maximum atomic E-state index is 10.8. The Kier molecular flexibility index (Phi) is 4.85. The number of carbonyl (C=O) groups is 1. The third-order valence-electron chi connectivity index (χ3n) is 3.24. The molecule has 0 amide bonds. The van der Waals surface area contributed by atoms with Crippen molar-refractivity contribution in [1.82, 2.24) is 0 Å². The van der Waals surface area contributed by atoms with Gasteiger partial charge in [-0.1, -0.05) is 37.7 Å². The van der Waals surface area contributed by atoms with Crippen LogP contribution in [-0.4, -0.2) is 11.1 Å². The summed E-state index contributed by atoms with van der Waals surface area (Å²) in [6, 6.07) is 13.6. The number of carboxylic acids is 1. The van der Waals surface area contributed by atoms with Crippen molar-refractivity contribution < 1.29 is 9.90 Å². The largest absolute Gasteiger partial charge is 0.478 e. The molecule has 0 aliphatic heterocycles. The number of aromatic carboxylic acids is 1. The molecule has 0 radical (unpaired) electrons. The van der Waals surface area contributed by atoms with E-state index in [1.807, 2.05) is 12.1 Å². The van der Waals surface area contributed by atoms with Crippen LogP contribution in [0.2, 0.25) is 0 Å². The second kappa shape index (κ2) is 6.62. The van der Waals surface area contributed by atoms with E-state index < -0.39 is 5.97 Å². The topological polar surface area (TPSA) is 37.3 Å². The molecule has 1 N–H and O–H groups in total. The highest BCUT2D eigenvalue weighted by molar-refractivity contribution is 7.99. The van der Waals surface area contributed by atoms with Gasteiger partial charge >= 0.3 is 5.97 Å². The van der Waals surface area contributed by atoms with Gasteiger partial charge in [0, 0.05) is 9.79 Å². The fourth-order valence-electron chi connectivity index (χ4n) is 2.02. The van der Waals surface area contributed by atoms with Gasteiger partial charge in [0.05, 0.1) is 5.56 Å². The number of hydrogen-bond donors (Lipinski definition) is 1. The highest BCUT2D eigenvalue weighted by atomic mass is 32.2. The average molecular weight is 286 g/mol. The molecule has 2 aromatic rings. The van der Waals surface area contributed by atoms with Crippen molar-refractivity contribution in [1.29, 1.82) is 0 Å². The molecule has 0 bridgehead atoms. The van der Waals surface area contributed by atoms with Crippen molar-refractivity contribution in [2.75, 3.05) is 0 Å². The van der Waals surface area contributed by atoms with Crippen LogP contribution in [0.25, 0.3) is 0 Å². The minimum atomic E-state index is -0.886. The average Bonchev–Trinajstić information content (AvgIpc) is 2.48.